The number of hydrogen-bond acceptors (Lipinski definition) is 5. The van der Waals surface area contributed by atoms with Crippen LogP contribution in [0.4, 0.5) is 5.82 Å². The molecule has 1 aromatic carbocycles. The molecule has 2 unspecified atom stereocenters. The number of hydrazine groups is 1. The molecule has 1 saturated heterocycles. The molecule has 1 aromatic heterocycles. The van der Waals surface area contributed by atoms with E-state index in [1.165, 1.54) is 16.7 Å². The van der Waals surface area contributed by atoms with E-state index in [0.717, 1.165) is 44.2 Å². The van der Waals surface area contributed by atoms with Crippen LogP contribution in [-0.4, -0.2) is 40.5 Å². The first-order valence-electron chi connectivity index (χ1n) is 12.9. The van der Waals surface area contributed by atoms with Crippen molar-refractivity contribution in [3.63, 3.8) is 0 Å². The molecule has 4 N–H and O–H groups in total. The molecule has 206 valence electrons. The van der Waals surface area contributed by atoms with E-state index in [2.05, 4.69) is 52.6 Å². The van der Waals surface area contributed by atoms with Crippen LogP contribution >= 0.6 is 35.4 Å². The number of pyridine rings is 1. The monoisotopic (exact) mass is 584 g/mol. The second-order valence-electron chi connectivity index (χ2n) is 9.89. The van der Waals surface area contributed by atoms with Gasteiger partial charge < -0.3 is 15.5 Å². The minimum atomic E-state index is -0.289. The SMILES string of the molecule is C=CCCC1=C(C)C(NC(=S)NNc2ncc(C(=C)NC3CCN(C)C3=O)cc2Cl)c2cc(Cl)ccc2CC1. The number of nitrogens with zero attached hydrogens (tertiary/aromatic N) is 2. The number of benzene rings is 1. The van der Waals surface area contributed by atoms with Gasteiger partial charge in [0.1, 0.15) is 6.04 Å². The topological polar surface area (TPSA) is 81.3 Å². The van der Waals surface area contributed by atoms with Gasteiger partial charge in [0.2, 0.25) is 5.91 Å². The van der Waals surface area contributed by atoms with Gasteiger partial charge >= 0.3 is 0 Å². The molecule has 1 aliphatic carbocycles. The van der Waals surface area contributed by atoms with Gasteiger partial charge in [-0.25, -0.2) is 4.98 Å². The zero-order chi connectivity index (χ0) is 28.1. The van der Waals surface area contributed by atoms with E-state index < -0.39 is 0 Å². The molecule has 2 aromatic rings. The predicted molar refractivity (Wildman–Crippen MR) is 165 cm³/mol. The van der Waals surface area contributed by atoms with E-state index >= 15 is 0 Å². The van der Waals surface area contributed by atoms with Crippen molar-refractivity contribution >= 4 is 58.0 Å². The number of anilines is 1. The van der Waals surface area contributed by atoms with Crippen molar-refractivity contribution in [3.8, 4) is 0 Å². The fraction of sp³-hybridized carbons (Fsp3) is 0.345. The zero-order valence-electron chi connectivity index (χ0n) is 22.2. The number of aromatic nitrogens is 1. The number of halogens is 2. The molecule has 0 bridgehead atoms. The Labute approximate surface area is 245 Å². The molecule has 1 amide bonds. The zero-order valence-corrected chi connectivity index (χ0v) is 24.6. The van der Waals surface area contributed by atoms with Gasteiger partial charge in [-0.1, -0.05) is 47.5 Å². The molecule has 0 spiro atoms. The summed E-state index contributed by atoms with van der Waals surface area (Å²) in [6.07, 6.45) is 8.15. The Morgan fingerprint density at radius 2 is 2.05 bits per heavy atom. The molecule has 0 saturated carbocycles. The molecule has 1 aliphatic heterocycles. The van der Waals surface area contributed by atoms with Gasteiger partial charge in [-0.15, -0.1) is 6.58 Å². The highest BCUT2D eigenvalue weighted by molar-refractivity contribution is 7.80. The highest BCUT2D eigenvalue weighted by atomic mass is 35.5. The minimum absolute atomic E-state index is 0.0511. The molecule has 0 radical (unpaired) electrons. The van der Waals surface area contributed by atoms with Crippen LogP contribution in [0.2, 0.25) is 10.0 Å². The summed E-state index contributed by atoms with van der Waals surface area (Å²) in [6, 6.07) is 7.38. The van der Waals surface area contributed by atoms with Gasteiger partial charge in [0.05, 0.1) is 11.1 Å². The number of likely N-dealkylation sites (tertiary alicyclic amines) is 1. The third kappa shape index (κ3) is 6.93. The lowest BCUT2D eigenvalue weighted by Crippen LogP contribution is -2.41. The van der Waals surface area contributed by atoms with Crippen molar-refractivity contribution in [1.29, 1.82) is 0 Å². The van der Waals surface area contributed by atoms with E-state index in [9.17, 15) is 4.79 Å². The summed E-state index contributed by atoms with van der Waals surface area (Å²) >= 11 is 18.5. The van der Waals surface area contributed by atoms with E-state index in [-0.39, 0.29) is 18.0 Å². The average Bonchev–Trinajstić information content (AvgIpc) is 3.16. The molecule has 7 nitrogen and oxygen atoms in total. The number of likely N-dealkylation sites (N-methyl/N-ethyl adjacent to an activating group) is 1. The van der Waals surface area contributed by atoms with Crippen LogP contribution in [0, 0.1) is 0 Å². The molecule has 2 aliphatic rings. The molecular formula is C29H34Cl2N6OS. The summed E-state index contributed by atoms with van der Waals surface area (Å²) in [6.45, 7) is 10.8. The molecule has 2 heterocycles. The maximum absolute atomic E-state index is 12.2. The fourth-order valence-electron chi connectivity index (χ4n) is 4.99. The van der Waals surface area contributed by atoms with Gasteiger partial charge in [-0.3, -0.25) is 15.6 Å². The lowest BCUT2D eigenvalue weighted by Gasteiger charge is -2.25. The van der Waals surface area contributed by atoms with Gasteiger partial charge in [0.15, 0.2) is 10.9 Å². The Morgan fingerprint density at radius 1 is 1.26 bits per heavy atom. The van der Waals surface area contributed by atoms with Crippen molar-refractivity contribution in [2.24, 2.45) is 0 Å². The minimum Gasteiger partial charge on any atom is -0.374 e. The first-order valence-corrected chi connectivity index (χ1v) is 14.1. The summed E-state index contributed by atoms with van der Waals surface area (Å²) in [5.41, 5.74) is 12.3. The number of fused-ring (bicyclic) bond motifs is 1. The van der Waals surface area contributed by atoms with Crippen molar-refractivity contribution in [2.45, 2.75) is 51.1 Å². The molecule has 1 fully saturated rings. The normalized spacial score (nSPS) is 18.8. The lowest BCUT2D eigenvalue weighted by molar-refractivity contribution is -0.128. The molecular weight excluding hydrogens is 551 g/mol. The van der Waals surface area contributed by atoms with Gasteiger partial charge in [-0.05, 0) is 86.1 Å². The Kier molecular flexibility index (Phi) is 9.53. The second kappa shape index (κ2) is 12.9. The summed E-state index contributed by atoms with van der Waals surface area (Å²) in [7, 11) is 1.79. The van der Waals surface area contributed by atoms with Crippen molar-refractivity contribution in [2.75, 3.05) is 19.0 Å². The third-order valence-electron chi connectivity index (χ3n) is 7.29. The van der Waals surface area contributed by atoms with E-state index in [1.807, 2.05) is 18.2 Å². The number of nitrogens with one attached hydrogen (secondary N) is 4. The Bertz CT molecular complexity index is 1330. The Morgan fingerprint density at radius 3 is 2.74 bits per heavy atom. The first kappa shape index (κ1) is 28.9. The maximum atomic E-state index is 12.2. The van der Waals surface area contributed by atoms with Crippen LogP contribution in [0.5, 0.6) is 0 Å². The van der Waals surface area contributed by atoms with E-state index in [0.29, 0.717) is 32.2 Å². The predicted octanol–water partition coefficient (Wildman–Crippen LogP) is 5.94. The van der Waals surface area contributed by atoms with Gasteiger partial charge in [0.25, 0.3) is 0 Å². The third-order valence-corrected chi connectivity index (χ3v) is 8.03. The number of rotatable bonds is 9. The average molecular weight is 586 g/mol. The largest absolute Gasteiger partial charge is 0.374 e. The summed E-state index contributed by atoms with van der Waals surface area (Å²) in [5, 5.41) is 8.11. The van der Waals surface area contributed by atoms with Crippen molar-refractivity contribution < 1.29 is 4.79 Å². The standard InChI is InChI=1S/C29H34Cl2N6OS/c1-5-6-7-19-8-9-20-10-11-22(30)15-23(20)26(17(19)2)34-29(39)36-35-27-24(31)14-21(16-32-27)18(3)33-25-12-13-37(4)28(25)38/h5,10-11,14-16,25-26,33H,1,3,6-9,12-13H2,2,4H3,(H,32,35)(H2,34,36,39). The molecule has 2 atom stereocenters. The van der Waals surface area contributed by atoms with Crippen LogP contribution in [0.25, 0.3) is 5.70 Å². The summed E-state index contributed by atoms with van der Waals surface area (Å²) in [4.78, 5) is 18.3. The van der Waals surface area contributed by atoms with Crippen LogP contribution in [0.1, 0.15) is 55.3 Å². The molecule has 39 heavy (non-hydrogen) atoms. The Balaban J connectivity index is 1.42. The number of allylic oxidation sites excluding steroid dienone is 2. The second-order valence-corrected chi connectivity index (χ2v) is 11.1. The number of carbonyl (C=O) groups excluding carboxylic acids is 1. The van der Waals surface area contributed by atoms with Gasteiger partial charge in [0, 0.05) is 36.1 Å². The highest BCUT2D eigenvalue weighted by Gasteiger charge is 2.29. The smallest absolute Gasteiger partial charge is 0.244 e. The van der Waals surface area contributed by atoms with Crippen LogP contribution in [0.15, 0.2) is 60.8 Å². The Hall–Kier alpha value is -3.07. The molecule has 4 rings (SSSR count). The van der Waals surface area contributed by atoms with E-state index in [1.54, 1.807) is 24.2 Å². The number of thiocarbonyl (C=S) groups is 1. The number of carbonyl (C=O) groups is 1. The van der Waals surface area contributed by atoms with Gasteiger partial charge in [-0.2, -0.15) is 0 Å². The van der Waals surface area contributed by atoms with Crippen molar-refractivity contribution in [1.82, 2.24) is 25.9 Å². The van der Waals surface area contributed by atoms with Crippen LogP contribution < -0.4 is 21.5 Å². The first-order chi connectivity index (χ1) is 18.7. The number of amides is 1. The highest BCUT2D eigenvalue weighted by Crippen LogP contribution is 2.36. The van der Waals surface area contributed by atoms with E-state index in [4.69, 9.17) is 35.4 Å². The number of hydrogen-bond donors (Lipinski definition) is 4. The van der Waals surface area contributed by atoms with Crippen molar-refractivity contribution in [3.05, 3.63) is 87.6 Å². The summed E-state index contributed by atoms with van der Waals surface area (Å²) in [5.74, 6) is 0.465. The summed E-state index contributed by atoms with van der Waals surface area (Å²) < 4.78 is 0. The van der Waals surface area contributed by atoms with Crippen LogP contribution in [0.3, 0.4) is 0 Å². The maximum Gasteiger partial charge on any atom is 0.244 e. The fourth-order valence-corrected chi connectivity index (χ4v) is 5.56. The lowest BCUT2D eigenvalue weighted by atomic mass is 9.94. The number of aryl methyl sites for hydroxylation is 1. The quantitative estimate of drug-likeness (QED) is 0.165. The van der Waals surface area contributed by atoms with Crippen LogP contribution in [-0.2, 0) is 11.2 Å². The molecule has 10 heteroatoms.